The van der Waals surface area contributed by atoms with Gasteiger partial charge in [0, 0.05) is 15.7 Å². The van der Waals surface area contributed by atoms with Crippen LogP contribution in [0.15, 0.2) is 24.3 Å². The summed E-state index contributed by atoms with van der Waals surface area (Å²) < 4.78 is 1.15. The van der Waals surface area contributed by atoms with Crippen molar-refractivity contribution in [2.45, 2.75) is 12.8 Å². The summed E-state index contributed by atoms with van der Waals surface area (Å²) in [6.45, 7) is 2.91. The van der Waals surface area contributed by atoms with E-state index >= 15 is 0 Å². The molecule has 1 atom stereocenters. The predicted molar refractivity (Wildman–Crippen MR) is 77.1 cm³/mol. The number of nitrogens with one attached hydrogen (secondary N) is 2. The van der Waals surface area contributed by atoms with Crippen molar-refractivity contribution in [1.82, 2.24) is 10.6 Å². The number of rotatable bonds is 3. The van der Waals surface area contributed by atoms with E-state index in [0.717, 1.165) is 28.8 Å². The van der Waals surface area contributed by atoms with Gasteiger partial charge in [-0.15, -0.1) is 0 Å². The summed E-state index contributed by atoms with van der Waals surface area (Å²) in [5, 5.41) is 6.36. The zero-order chi connectivity index (χ0) is 12.1. The predicted octanol–water partition coefficient (Wildman–Crippen LogP) is 2.02. The van der Waals surface area contributed by atoms with Crippen LogP contribution in [0.25, 0.3) is 0 Å². The molecule has 3 nitrogen and oxygen atoms in total. The molecule has 1 aromatic rings. The Morgan fingerprint density at radius 2 is 2.18 bits per heavy atom. The van der Waals surface area contributed by atoms with Crippen molar-refractivity contribution in [1.29, 1.82) is 0 Å². The Kier molecular flexibility index (Phi) is 4.79. The highest BCUT2D eigenvalue weighted by atomic mass is 127. The molecule has 1 fully saturated rings. The summed E-state index contributed by atoms with van der Waals surface area (Å²) in [4.78, 5) is 11.9. The van der Waals surface area contributed by atoms with Crippen molar-refractivity contribution in [3.63, 3.8) is 0 Å². The summed E-state index contributed by atoms with van der Waals surface area (Å²) in [6.07, 6.45) is 2.42. The van der Waals surface area contributed by atoms with Crippen molar-refractivity contribution >= 4 is 28.5 Å². The maximum Gasteiger partial charge on any atom is 0.251 e. The van der Waals surface area contributed by atoms with Crippen LogP contribution in [0.4, 0.5) is 0 Å². The largest absolute Gasteiger partial charge is 0.352 e. The number of piperidine rings is 1. The van der Waals surface area contributed by atoms with Gasteiger partial charge >= 0.3 is 0 Å². The van der Waals surface area contributed by atoms with Gasteiger partial charge in [-0.3, -0.25) is 4.79 Å². The van der Waals surface area contributed by atoms with E-state index in [2.05, 4.69) is 33.2 Å². The first-order valence-electron chi connectivity index (χ1n) is 6.00. The third kappa shape index (κ3) is 3.96. The molecule has 1 unspecified atom stereocenters. The van der Waals surface area contributed by atoms with E-state index in [-0.39, 0.29) is 5.91 Å². The van der Waals surface area contributed by atoms with Crippen molar-refractivity contribution in [3.8, 4) is 0 Å². The number of halogens is 1. The number of carbonyl (C=O) groups excluding carboxylic acids is 1. The number of benzene rings is 1. The molecule has 2 N–H and O–H groups in total. The Labute approximate surface area is 116 Å². The second-order valence-corrected chi connectivity index (χ2v) is 5.67. The van der Waals surface area contributed by atoms with Crippen LogP contribution in [0.1, 0.15) is 23.2 Å². The van der Waals surface area contributed by atoms with Crippen LogP contribution in [0.2, 0.25) is 0 Å². The Morgan fingerprint density at radius 1 is 1.41 bits per heavy atom. The molecule has 0 aromatic heterocycles. The smallest absolute Gasteiger partial charge is 0.251 e. The highest BCUT2D eigenvalue weighted by Gasteiger charge is 2.14. The SMILES string of the molecule is O=C(NCC1CCCNC1)c1ccc(I)cc1. The number of hydrogen-bond acceptors (Lipinski definition) is 2. The van der Waals surface area contributed by atoms with Crippen LogP contribution < -0.4 is 10.6 Å². The van der Waals surface area contributed by atoms with Gasteiger partial charge in [0.15, 0.2) is 0 Å². The standard InChI is InChI=1S/C13H17IN2O/c14-12-5-3-11(4-6-12)13(17)16-9-10-2-1-7-15-8-10/h3-6,10,15H,1-2,7-9H2,(H,16,17). The van der Waals surface area contributed by atoms with Crippen LogP contribution >= 0.6 is 22.6 Å². The lowest BCUT2D eigenvalue weighted by molar-refractivity contribution is 0.0945. The highest BCUT2D eigenvalue weighted by Crippen LogP contribution is 2.10. The second-order valence-electron chi connectivity index (χ2n) is 4.43. The maximum absolute atomic E-state index is 11.9. The molecule has 92 valence electrons. The molecule has 0 bridgehead atoms. The van der Waals surface area contributed by atoms with Crippen LogP contribution in [0.3, 0.4) is 0 Å². The molecule has 1 aliphatic rings. The third-order valence-electron chi connectivity index (χ3n) is 3.06. The van der Waals surface area contributed by atoms with Gasteiger partial charge in [0.05, 0.1) is 0 Å². The average Bonchev–Trinajstić information content (AvgIpc) is 2.38. The van der Waals surface area contributed by atoms with Crippen LogP contribution in [-0.2, 0) is 0 Å². The van der Waals surface area contributed by atoms with E-state index in [0.29, 0.717) is 5.92 Å². The van der Waals surface area contributed by atoms with Gasteiger partial charge < -0.3 is 10.6 Å². The van der Waals surface area contributed by atoms with Gasteiger partial charge in [0.25, 0.3) is 5.91 Å². The molecule has 0 saturated carbocycles. The topological polar surface area (TPSA) is 41.1 Å². The van der Waals surface area contributed by atoms with Gasteiger partial charge in [0.2, 0.25) is 0 Å². The lowest BCUT2D eigenvalue weighted by Crippen LogP contribution is -2.38. The van der Waals surface area contributed by atoms with Crippen LogP contribution in [-0.4, -0.2) is 25.5 Å². The molecule has 1 aromatic carbocycles. The maximum atomic E-state index is 11.9. The van der Waals surface area contributed by atoms with Gasteiger partial charge in [-0.05, 0) is 78.7 Å². The van der Waals surface area contributed by atoms with Gasteiger partial charge in [0.1, 0.15) is 0 Å². The van der Waals surface area contributed by atoms with Crippen molar-refractivity contribution < 1.29 is 4.79 Å². The van der Waals surface area contributed by atoms with E-state index < -0.39 is 0 Å². The number of carbonyl (C=O) groups is 1. The molecule has 2 rings (SSSR count). The molecular formula is C13H17IN2O. The van der Waals surface area contributed by atoms with Crippen molar-refractivity contribution in [2.75, 3.05) is 19.6 Å². The highest BCUT2D eigenvalue weighted by molar-refractivity contribution is 14.1. The van der Waals surface area contributed by atoms with Gasteiger partial charge in [-0.25, -0.2) is 0 Å². The van der Waals surface area contributed by atoms with Crippen molar-refractivity contribution in [3.05, 3.63) is 33.4 Å². The Hall–Kier alpha value is -0.620. The summed E-state index contributed by atoms with van der Waals surface area (Å²) in [6, 6.07) is 7.65. The fourth-order valence-corrected chi connectivity index (χ4v) is 2.40. The minimum atomic E-state index is 0.0342. The monoisotopic (exact) mass is 344 g/mol. The summed E-state index contributed by atoms with van der Waals surface area (Å²) in [5.41, 5.74) is 0.745. The first-order chi connectivity index (χ1) is 8.25. The molecule has 0 spiro atoms. The summed E-state index contributed by atoms with van der Waals surface area (Å²) in [5.74, 6) is 0.614. The van der Waals surface area contributed by atoms with Gasteiger partial charge in [-0.2, -0.15) is 0 Å². The molecule has 1 aliphatic heterocycles. The number of hydrogen-bond donors (Lipinski definition) is 2. The Morgan fingerprint density at radius 3 is 2.82 bits per heavy atom. The summed E-state index contributed by atoms with van der Waals surface area (Å²) in [7, 11) is 0. The van der Waals surface area contributed by atoms with Crippen molar-refractivity contribution in [2.24, 2.45) is 5.92 Å². The zero-order valence-corrected chi connectivity index (χ0v) is 11.9. The van der Waals surface area contributed by atoms with Gasteiger partial charge in [-0.1, -0.05) is 0 Å². The van der Waals surface area contributed by atoms with E-state index in [1.54, 1.807) is 0 Å². The quantitative estimate of drug-likeness (QED) is 0.824. The van der Waals surface area contributed by atoms with Crippen LogP contribution in [0, 0.1) is 9.49 Å². The summed E-state index contributed by atoms with van der Waals surface area (Å²) >= 11 is 2.24. The second kappa shape index (κ2) is 6.35. The molecule has 1 saturated heterocycles. The molecule has 0 radical (unpaired) electrons. The Balaban J connectivity index is 1.82. The minimum Gasteiger partial charge on any atom is -0.352 e. The molecule has 17 heavy (non-hydrogen) atoms. The minimum absolute atomic E-state index is 0.0342. The molecule has 1 amide bonds. The first-order valence-corrected chi connectivity index (χ1v) is 7.08. The normalized spacial score (nSPS) is 19.9. The van der Waals surface area contributed by atoms with E-state index in [1.807, 2.05) is 24.3 Å². The fraction of sp³-hybridized carbons (Fsp3) is 0.462. The van der Waals surface area contributed by atoms with E-state index in [1.165, 1.54) is 12.8 Å². The lowest BCUT2D eigenvalue weighted by atomic mass is 10.00. The average molecular weight is 344 g/mol. The lowest BCUT2D eigenvalue weighted by Gasteiger charge is -2.22. The fourth-order valence-electron chi connectivity index (χ4n) is 2.04. The van der Waals surface area contributed by atoms with E-state index in [9.17, 15) is 4.79 Å². The van der Waals surface area contributed by atoms with Crippen LogP contribution in [0.5, 0.6) is 0 Å². The number of amides is 1. The first kappa shape index (κ1) is 12.8. The zero-order valence-electron chi connectivity index (χ0n) is 9.71. The molecule has 4 heteroatoms. The third-order valence-corrected chi connectivity index (χ3v) is 3.78. The molecular weight excluding hydrogens is 327 g/mol. The molecule has 0 aliphatic carbocycles. The molecule has 1 heterocycles. The van der Waals surface area contributed by atoms with E-state index in [4.69, 9.17) is 0 Å². The Bertz CT molecular complexity index is 372.